The van der Waals surface area contributed by atoms with Crippen LogP contribution in [0.15, 0.2) is 30.3 Å². The summed E-state index contributed by atoms with van der Waals surface area (Å²) in [5.74, 6) is 2.61. The molecule has 0 saturated carbocycles. The summed E-state index contributed by atoms with van der Waals surface area (Å²) >= 11 is 0. The second kappa shape index (κ2) is 6.57. The van der Waals surface area contributed by atoms with Crippen molar-refractivity contribution in [1.29, 1.82) is 0 Å². The number of nitrogens with zero attached hydrogens (tertiary/aromatic N) is 2. The molecule has 0 radical (unpaired) electrons. The molecule has 28 heavy (non-hydrogen) atoms. The average Bonchev–Trinajstić information content (AvgIpc) is 3.34. The van der Waals surface area contributed by atoms with Crippen molar-refractivity contribution in [3.05, 3.63) is 47.0 Å². The van der Waals surface area contributed by atoms with Gasteiger partial charge in [-0.05, 0) is 49.5 Å². The highest BCUT2D eigenvalue weighted by Crippen LogP contribution is 2.42. The number of hydrogen-bond acceptors (Lipinski definition) is 7. The lowest BCUT2D eigenvalue weighted by Crippen LogP contribution is -2.51. The summed E-state index contributed by atoms with van der Waals surface area (Å²) in [5.41, 5.74) is 5.83. The Morgan fingerprint density at radius 1 is 1.00 bits per heavy atom. The molecule has 0 aliphatic carbocycles. The van der Waals surface area contributed by atoms with Gasteiger partial charge < -0.3 is 23.8 Å². The van der Waals surface area contributed by atoms with Gasteiger partial charge in [0.2, 0.25) is 13.6 Å². The zero-order chi connectivity index (χ0) is 19.3. The molecule has 1 amide bonds. The summed E-state index contributed by atoms with van der Waals surface area (Å²) in [4.78, 5) is 15.1. The van der Waals surface area contributed by atoms with Gasteiger partial charge in [-0.15, -0.1) is 0 Å². The summed E-state index contributed by atoms with van der Waals surface area (Å²) in [7, 11) is 3.96. The van der Waals surface area contributed by atoms with Crippen molar-refractivity contribution in [2.45, 2.75) is 6.04 Å². The monoisotopic (exact) mass is 383 g/mol. The van der Waals surface area contributed by atoms with Crippen LogP contribution in [0.1, 0.15) is 27.5 Å². The van der Waals surface area contributed by atoms with E-state index in [1.165, 1.54) is 0 Å². The van der Waals surface area contributed by atoms with Crippen molar-refractivity contribution in [3.63, 3.8) is 0 Å². The maximum atomic E-state index is 13.1. The largest absolute Gasteiger partial charge is 0.454 e. The molecule has 0 aromatic heterocycles. The number of carbonyl (C=O) groups excluding carboxylic acids is 1. The van der Waals surface area contributed by atoms with Gasteiger partial charge in [0.1, 0.15) is 0 Å². The van der Waals surface area contributed by atoms with Crippen molar-refractivity contribution in [1.82, 2.24) is 15.3 Å². The number of likely N-dealkylation sites (N-methyl/N-ethyl adjacent to an activating group) is 1. The summed E-state index contributed by atoms with van der Waals surface area (Å²) in [6.07, 6.45) is 0. The van der Waals surface area contributed by atoms with Gasteiger partial charge in [-0.25, -0.2) is 5.43 Å². The smallest absolute Gasteiger partial charge is 0.268 e. The molecule has 2 aromatic carbocycles. The third-order valence-electron chi connectivity index (χ3n) is 5.12. The molecule has 5 rings (SSSR count). The Labute approximate surface area is 162 Å². The van der Waals surface area contributed by atoms with E-state index >= 15 is 0 Å². The fraction of sp³-hybridized carbons (Fsp3) is 0.350. The molecule has 3 heterocycles. The Morgan fingerprint density at radius 2 is 1.68 bits per heavy atom. The van der Waals surface area contributed by atoms with Crippen molar-refractivity contribution >= 4 is 5.91 Å². The zero-order valence-electron chi connectivity index (χ0n) is 15.7. The molecule has 2 aromatic rings. The van der Waals surface area contributed by atoms with E-state index in [-0.39, 0.29) is 25.5 Å². The third-order valence-corrected chi connectivity index (χ3v) is 5.12. The van der Waals surface area contributed by atoms with Crippen LogP contribution in [-0.2, 0) is 0 Å². The SMILES string of the molecule is CN(C)CCN1NC(c2ccc3c(c2)OCO3)c2cc3c(cc2C1=O)OCO3. The summed E-state index contributed by atoms with van der Waals surface area (Å²) < 4.78 is 22.0. The van der Waals surface area contributed by atoms with E-state index in [2.05, 4.69) is 5.43 Å². The Balaban J connectivity index is 1.57. The summed E-state index contributed by atoms with van der Waals surface area (Å²) in [6.45, 7) is 1.69. The maximum Gasteiger partial charge on any atom is 0.268 e. The molecule has 146 valence electrons. The van der Waals surface area contributed by atoms with Gasteiger partial charge in [0.05, 0.1) is 18.2 Å². The van der Waals surface area contributed by atoms with Crippen LogP contribution in [0, 0.1) is 0 Å². The summed E-state index contributed by atoms with van der Waals surface area (Å²) in [6, 6.07) is 9.28. The van der Waals surface area contributed by atoms with E-state index in [1.807, 2.05) is 43.3 Å². The molecule has 0 spiro atoms. The number of ether oxygens (including phenoxy) is 4. The fourth-order valence-corrected chi connectivity index (χ4v) is 3.62. The number of fused-ring (bicyclic) bond motifs is 3. The average molecular weight is 383 g/mol. The van der Waals surface area contributed by atoms with Crippen LogP contribution in [-0.4, -0.2) is 56.6 Å². The number of amides is 1. The highest BCUT2D eigenvalue weighted by Gasteiger charge is 2.35. The van der Waals surface area contributed by atoms with Gasteiger partial charge in [0.25, 0.3) is 5.91 Å². The molecule has 3 aliphatic heterocycles. The number of nitrogens with one attached hydrogen (secondary N) is 1. The second-order valence-electron chi connectivity index (χ2n) is 7.23. The van der Waals surface area contributed by atoms with E-state index in [1.54, 1.807) is 11.1 Å². The first-order valence-electron chi connectivity index (χ1n) is 9.16. The van der Waals surface area contributed by atoms with E-state index in [4.69, 9.17) is 18.9 Å². The molecule has 3 aliphatic rings. The molecule has 1 unspecified atom stereocenters. The van der Waals surface area contributed by atoms with Gasteiger partial charge in [-0.2, -0.15) is 0 Å². The van der Waals surface area contributed by atoms with E-state index < -0.39 is 0 Å². The Hall–Kier alpha value is -2.97. The lowest BCUT2D eigenvalue weighted by molar-refractivity contribution is 0.0580. The van der Waals surface area contributed by atoms with Gasteiger partial charge in [0.15, 0.2) is 23.0 Å². The van der Waals surface area contributed by atoms with Crippen LogP contribution < -0.4 is 24.4 Å². The molecule has 1 atom stereocenters. The highest BCUT2D eigenvalue weighted by molar-refractivity contribution is 5.97. The third kappa shape index (κ3) is 2.81. The van der Waals surface area contributed by atoms with Crippen LogP contribution in [0.25, 0.3) is 0 Å². The van der Waals surface area contributed by atoms with Crippen molar-refractivity contribution in [2.75, 3.05) is 40.8 Å². The topological polar surface area (TPSA) is 72.5 Å². The van der Waals surface area contributed by atoms with Gasteiger partial charge in [0, 0.05) is 6.54 Å². The predicted molar refractivity (Wildman–Crippen MR) is 99.7 cm³/mol. The van der Waals surface area contributed by atoms with Gasteiger partial charge >= 0.3 is 0 Å². The lowest BCUT2D eigenvalue weighted by atomic mass is 9.91. The van der Waals surface area contributed by atoms with Gasteiger partial charge in [-0.1, -0.05) is 6.07 Å². The zero-order valence-corrected chi connectivity index (χ0v) is 15.7. The first-order chi connectivity index (χ1) is 13.6. The van der Waals surface area contributed by atoms with Crippen molar-refractivity contribution in [2.24, 2.45) is 0 Å². The van der Waals surface area contributed by atoms with Crippen molar-refractivity contribution < 1.29 is 23.7 Å². The van der Waals surface area contributed by atoms with Crippen LogP contribution >= 0.6 is 0 Å². The normalized spacial score (nSPS) is 19.3. The van der Waals surface area contributed by atoms with Crippen LogP contribution in [0.3, 0.4) is 0 Å². The van der Waals surface area contributed by atoms with E-state index in [9.17, 15) is 4.79 Å². The second-order valence-corrected chi connectivity index (χ2v) is 7.23. The number of hydrazine groups is 1. The quantitative estimate of drug-likeness (QED) is 0.862. The molecule has 0 bridgehead atoms. The standard InChI is InChI=1S/C20H21N3O5/c1-22(2)5-6-23-20(24)14-9-18-17(27-11-28-18)8-13(14)19(21-23)12-3-4-15-16(7-12)26-10-25-15/h3-4,7-9,19,21H,5-6,10-11H2,1-2H3. The minimum Gasteiger partial charge on any atom is -0.454 e. The Bertz CT molecular complexity index is 946. The van der Waals surface area contributed by atoms with Gasteiger partial charge in [-0.3, -0.25) is 9.80 Å². The van der Waals surface area contributed by atoms with E-state index in [0.29, 0.717) is 29.4 Å². The van der Waals surface area contributed by atoms with Crippen molar-refractivity contribution in [3.8, 4) is 23.0 Å². The minimum absolute atomic E-state index is 0.0767. The molecular formula is C20H21N3O5. The Kier molecular flexibility index (Phi) is 4.03. The first kappa shape index (κ1) is 17.2. The number of carbonyl (C=O) groups is 1. The predicted octanol–water partition coefficient (Wildman–Crippen LogP) is 1.76. The highest BCUT2D eigenvalue weighted by atomic mass is 16.7. The molecule has 0 saturated heterocycles. The fourth-order valence-electron chi connectivity index (χ4n) is 3.62. The number of rotatable bonds is 4. The molecule has 8 nitrogen and oxygen atoms in total. The van der Waals surface area contributed by atoms with E-state index in [0.717, 1.165) is 23.4 Å². The minimum atomic E-state index is -0.223. The van der Waals surface area contributed by atoms with Crippen LogP contribution in [0.4, 0.5) is 0 Å². The molecule has 8 heteroatoms. The van der Waals surface area contributed by atoms with Crippen LogP contribution in [0.2, 0.25) is 0 Å². The molecule has 0 fully saturated rings. The number of benzene rings is 2. The van der Waals surface area contributed by atoms with Crippen LogP contribution in [0.5, 0.6) is 23.0 Å². The number of hydrogen-bond donors (Lipinski definition) is 1. The maximum absolute atomic E-state index is 13.1. The first-order valence-corrected chi connectivity index (χ1v) is 9.16. The lowest BCUT2D eigenvalue weighted by Gasteiger charge is -2.36. The molecule has 1 N–H and O–H groups in total. The summed E-state index contributed by atoms with van der Waals surface area (Å²) in [5, 5.41) is 1.67. The molecular weight excluding hydrogens is 362 g/mol. The Morgan fingerprint density at radius 3 is 2.43 bits per heavy atom.